The lowest BCUT2D eigenvalue weighted by molar-refractivity contribution is -0.660. The normalized spacial score (nSPS) is 19.1. The van der Waals surface area contributed by atoms with Crippen LogP contribution in [0.2, 0.25) is 0 Å². The molecule has 1 aromatic heterocycles. The summed E-state index contributed by atoms with van der Waals surface area (Å²) in [6.45, 7) is -4.15. The van der Waals surface area contributed by atoms with Gasteiger partial charge in [-0.3, -0.25) is 0 Å². The molecular weight excluding hydrogens is 206 g/mol. The van der Waals surface area contributed by atoms with Crippen LogP contribution in [0.25, 0.3) is 11.3 Å². The molecule has 1 heterocycles. The molecule has 1 aromatic carbocycles. The molecule has 17 heavy (non-hydrogen) atoms. The zero-order chi connectivity index (χ0) is 18.3. The maximum absolute atomic E-state index is 8.25. The van der Waals surface area contributed by atoms with E-state index >= 15 is 0 Å². The number of aromatic nitrogens is 1. The number of hydrogen-bond donors (Lipinski definition) is 0. The van der Waals surface area contributed by atoms with Crippen molar-refractivity contribution in [1.29, 1.82) is 0 Å². The molecule has 0 unspecified atom stereocenters. The lowest BCUT2D eigenvalue weighted by Crippen LogP contribution is -2.30. The van der Waals surface area contributed by atoms with E-state index in [-0.39, 0.29) is 5.56 Å². The van der Waals surface area contributed by atoms with Crippen molar-refractivity contribution < 1.29 is 14.2 Å². The van der Waals surface area contributed by atoms with Gasteiger partial charge in [-0.15, -0.1) is 0 Å². The zero-order valence-electron chi connectivity index (χ0n) is 17.0. The molecule has 0 aliphatic carbocycles. The zero-order valence-corrected chi connectivity index (χ0v) is 9.99. The molecule has 0 aliphatic rings. The van der Waals surface area contributed by atoms with E-state index in [0.717, 1.165) is 16.8 Å². The summed E-state index contributed by atoms with van der Waals surface area (Å²) in [7, 11) is 1.89. The SMILES string of the molecule is [2H]C([2H])([2H])C([2H])(c1ccc(-c2cccc[n+]2C)c(C)c1)C([2H])([2H])[2H]. The Hall–Kier alpha value is -1.63. The largest absolute Gasteiger partial charge is 0.212 e. The summed E-state index contributed by atoms with van der Waals surface area (Å²) < 4.78 is 55.7. The van der Waals surface area contributed by atoms with E-state index in [9.17, 15) is 0 Å². The molecule has 2 aromatic rings. The Morgan fingerprint density at radius 2 is 2.06 bits per heavy atom. The predicted molar refractivity (Wildman–Crippen MR) is 71.9 cm³/mol. The number of pyridine rings is 1. The smallest absolute Gasteiger partial charge is 0.201 e. The van der Waals surface area contributed by atoms with Crippen LogP contribution >= 0.6 is 0 Å². The fourth-order valence-electron chi connectivity index (χ4n) is 1.91. The first-order chi connectivity index (χ1) is 10.9. The quantitative estimate of drug-likeness (QED) is 0.698. The molecular formula is C16H20N+. The minimum absolute atomic E-state index is 0.0256. The summed E-state index contributed by atoms with van der Waals surface area (Å²) in [6, 6.07) is 10.3. The van der Waals surface area contributed by atoms with Gasteiger partial charge in [-0.05, 0) is 36.1 Å². The Morgan fingerprint density at radius 3 is 2.71 bits per heavy atom. The highest BCUT2D eigenvalue weighted by molar-refractivity contribution is 5.61. The molecule has 2 rings (SSSR count). The lowest BCUT2D eigenvalue weighted by atomic mass is 9.96. The Labute approximate surface area is 114 Å². The van der Waals surface area contributed by atoms with Crippen LogP contribution in [0.3, 0.4) is 0 Å². The molecule has 1 nitrogen and oxygen atoms in total. The Kier molecular flexibility index (Phi) is 1.61. The van der Waals surface area contributed by atoms with E-state index in [2.05, 4.69) is 0 Å². The Morgan fingerprint density at radius 1 is 1.24 bits per heavy atom. The highest BCUT2D eigenvalue weighted by Gasteiger charge is 2.11. The molecule has 0 amide bonds. The van der Waals surface area contributed by atoms with Gasteiger partial charge in [0.25, 0.3) is 0 Å². The summed E-state index contributed by atoms with van der Waals surface area (Å²) in [4.78, 5) is 0. The fourth-order valence-corrected chi connectivity index (χ4v) is 1.91. The number of benzene rings is 1. The van der Waals surface area contributed by atoms with Gasteiger partial charge in [0.15, 0.2) is 6.20 Å². The van der Waals surface area contributed by atoms with Crippen molar-refractivity contribution in [1.82, 2.24) is 0 Å². The van der Waals surface area contributed by atoms with E-state index in [1.54, 1.807) is 13.0 Å². The molecule has 0 radical (unpaired) electrons. The van der Waals surface area contributed by atoms with Crippen molar-refractivity contribution in [2.24, 2.45) is 7.05 Å². The Balaban J connectivity index is 2.63. The highest BCUT2D eigenvalue weighted by atomic mass is 14.9. The van der Waals surface area contributed by atoms with Crippen LogP contribution < -0.4 is 4.57 Å². The van der Waals surface area contributed by atoms with E-state index in [1.165, 1.54) is 12.1 Å². The van der Waals surface area contributed by atoms with Gasteiger partial charge in [-0.2, -0.15) is 0 Å². The second kappa shape index (κ2) is 4.70. The highest BCUT2D eigenvalue weighted by Crippen LogP contribution is 2.24. The third-order valence-corrected chi connectivity index (χ3v) is 2.85. The van der Waals surface area contributed by atoms with Crippen LogP contribution in [0.4, 0.5) is 0 Å². The molecule has 0 atom stereocenters. The molecule has 1 heteroatoms. The van der Waals surface area contributed by atoms with Gasteiger partial charge in [0.2, 0.25) is 5.69 Å². The van der Waals surface area contributed by atoms with Crippen molar-refractivity contribution in [3.05, 3.63) is 53.7 Å². The summed E-state index contributed by atoms with van der Waals surface area (Å²) in [5.74, 6) is -2.66. The van der Waals surface area contributed by atoms with E-state index in [1.807, 2.05) is 36.0 Å². The van der Waals surface area contributed by atoms with Crippen molar-refractivity contribution in [2.45, 2.75) is 26.5 Å². The Bertz CT molecular complexity index is 733. The summed E-state index contributed by atoms with van der Waals surface area (Å²) in [5.41, 5.74) is 2.47. The number of nitrogens with zero attached hydrogens (tertiary/aromatic N) is 1. The topological polar surface area (TPSA) is 3.88 Å². The van der Waals surface area contributed by atoms with Crippen LogP contribution in [0.5, 0.6) is 0 Å². The average molecular weight is 233 g/mol. The summed E-state index contributed by atoms with van der Waals surface area (Å²) >= 11 is 0. The maximum Gasteiger partial charge on any atom is 0.212 e. The number of hydrogen-bond acceptors (Lipinski definition) is 0. The number of rotatable bonds is 2. The van der Waals surface area contributed by atoms with Crippen molar-refractivity contribution in [2.75, 3.05) is 0 Å². The van der Waals surface area contributed by atoms with E-state index in [0.29, 0.717) is 0 Å². The first-order valence-electron chi connectivity index (χ1n) is 8.96. The first kappa shape index (κ1) is 5.81. The molecule has 0 N–H and O–H groups in total. The van der Waals surface area contributed by atoms with Crippen LogP contribution in [0, 0.1) is 6.92 Å². The van der Waals surface area contributed by atoms with Crippen LogP contribution in [-0.2, 0) is 7.05 Å². The van der Waals surface area contributed by atoms with E-state index < -0.39 is 19.6 Å². The second-order valence-corrected chi connectivity index (χ2v) is 4.10. The third kappa shape index (κ3) is 2.38. The molecule has 0 saturated heterocycles. The van der Waals surface area contributed by atoms with E-state index in [4.69, 9.17) is 9.60 Å². The standard InChI is InChI=1S/C16H20N/c1-12(2)14-8-9-15(13(3)11-14)16-7-5-6-10-17(16)4/h5-12H,1-4H3/q+1/i1D3,2D3,12D. The van der Waals surface area contributed by atoms with Crippen LogP contribution in [0.15, 0.2) is 42.6 Å². The van der Waals surface area contributed by atoms with Gasteiger partial charge in [0, 0.05) is 27.3 Å². The van der Waals surface area contributed by atoms with Gasteiger partial charge in [-0.1, -0.05) is 25.8 Å². The van der Waals surface area contributed by atoms with Gasteiger partial charge < -0.3 is 0 Å². The molecule has 0 spiro atoms. The lowest BCUT2D eigenvalue weighted by Gasteiger charge is -2.09. The van der Waals surface area contributed by atoms with Gasteiger partial charge in [0.1, 0.15) is 7.05 Å². The molecule has 0 fully saturated rings. The van der Waals surface area contributed by atoms with Gasteiger partial charge in [-0.25, -0.2) is 4.57 Å². The number of aryl methyl sites for hydroxylation is 2. The second-order valence-electron chi connectivity index (χ2n) is 4.10. The van der Waals surface area contributed by atoms with Gasteiger partial charge >= 0.3 is 0 Å². The summed E-state index contributed by atoms with van der Waals surface area (Å²) in [6.07, 6.45) is 1.89. The van der Waals surface area contributed by atoms with Crippen LogP contribution in [-0.4, -0.2) is 0 Å². The monoisotopic (exact) mass is 233 g/mol. The fraction of sp³-hybridized carbons (Fsp3) is 0.312. The third-order valence-electron chi connectivity index (χ3n) is 2.85. The minimum Gasteiger partial charge on any atom is -0.201 e. The molecule has 0 bridgehead atoms. The van der Waals surface area contributed by atoms with Crippen LogP contribution in [0.1, 0.15) is 40.3 Å². The first-order valence-corrected chi connectivity index (χ1v) is 5.46. The molecule has 0 saturated carbocycles. The average Bonchev–Trinajstić information content (AvgIpc) is 2.45. The molecule has 88 valence electrons. The minimum atomic E-state index is -2.97. The maximum atomic E-state index is 8.25. The molecule has 0 aliphatic heterocycles. The predicted octanol–water partition coefficient (Wildman–Crippen LogP) is 3.61. The van der Waals surface area contributed by atoms with Crippen molar-refractivity contribution in [3.63, 3.8) is 0 Å². The van der Waals surface area contributed by atoms with Crippen molar-refractivity contribution in [3.8, 4) is 11.3 Å². The summed E-state index contributed by atoms with van der Waals surface area (Å²) in [5, 5.41) is 0. The van der Waals surface area contributed by atoms with Gasteiger partial charge in [0.05, 0.1) is 0 Å². The van der Waals surface area contributed by atoms with Crippen molar-refractivity contribution >= 4 is 0 Å².